The Labute approximate surface area is 106 Å². The van der Waals surface area contributed by atoms with Gasteiger partial charge in [0, 0.05) is 24.2 Å². The standard InChI is InChI=1S/C13H18BrNO/c1-16-9-10-6-7-15-13(8-10)11-2-4-12(14)5-3-11/h2-5,10,13,15H,6-9H2,1H3. The van der Waals surface area contributed by atoms with Gasteiger partial charge in [0.25, 0.3) is 0 Å². The Morgan fingerprint density at radius 3 is 2.81 bits per heavy atom. The quantitative estimate of drug-likeness (QED) is 0.920. The fourth-order valence-electron chi connectivity index (χ4n) is 2.33. The highest BCUT2D eigenvalue weighted by Gasteiger charge is 2.22. The van der Waals surface area contributed by atoms with Crippen LogP contribution in [0.1, 0.15) is 24.4 Å². The van der Waals surface area contributed by atoms with Gasteiger partial charge in [-0.3, -0.25) is 0 Å². The molecule has 1 aromatic carbocycles. The van der Waals surface area contributed by atoms with E-state index in [4.69, 9.17) is 4.74 Å². The van der Waals surface area contributed by atoms with Gasteiger partial charge in [-0.1, -0.05) is 28.1 Å². The summed E-state index contributed by atoms with van der Waals surface area (Å²) < 4.78 is 6.39. The van der Waals surface area contributed by atoms with E-state index in [9.17, 15) is 0 Å². The Bertz CT molecular complexity index is 323. The minimum absolute atomic E-state index is 0.488. The third-order valence-electron chi connectivity index (χ3n) is 3.19. The number of halogens is 1. The number of benzene rings is 1. The molecular formula is C13H18BrNO. The maximum absolute atomic E-state index is 5.25. The van der Waals surface area contributed by atoms with Crippen LogP contribution >= 0.6 is 15.9 Å². The topological polar surface area (TPSA) is 21.3 Å². The summed E-state index contributed by atoms with van der Waals surface area (Å²) in [5.74, 6) is 0.694. The van der Waals surface area contributed by atoms with Gasteiger partial charge in [0.1, 0.15) is 0 Å². The lowest BCUT2D eigenvalue weighted by molar-refractivity contribution is 0.124. The third-order valence-corrected chi connectivity index (χ3v) is 3.72. The first kappa shape index (κ1) is 12.1. The van der Waals surface area contributed by atoms with E-state index in [1.807, 2.05) is 0 Å². The van der Waals surface area contributed by atoms with Gasteiger partial charge in [0.2, 0.25) is 0 Å². The molecule has 0 saturated carbocycles. The molecule has 1 aliphatic heterocycles. The lowest BCUT2D eigenvalue weighted by Gasteiger charge is -2.30. The van der Waals surface area contributed by atoms with Crippen molar-refractivity contribution in [1.29, 1.82) is 0 Å². The van der Waals surface area contributed by atoms with Crippen molar-refractivity contribution >= 4 is 15.9 Å². The van der Waals surface area contributed by atoms with Crippen molar-refractivity contribution in [3.63, 3.8) is 0 Å². The van der Waals surface area contributed by atoms with Crippen molar-refractivity contribution in [3.05, 3.63) is 34.3 Å². The molecule has 2 atom stereocenters. The minimum atomic E-state index is 0.488. The van der Waals surface area contributed by atoms with Crippen LogP contribution in [0.15, 0.2) is 28.7 Å². The molecule has 0 aliphatic carbocycles. The molecule has 2 unspecified atom stereocenters. The minimum Gasteiger partial charge on any atom is -0.384 e. The third kappa shape index (κ3) is 3.06. The smallest absolute Gasteiger partial charge is 0.0491 e. The first-order chi connectivity index (χ1) is 7.79. The van der Waals surface area contributed by atoms with Gasteiger partial charge in [-0.25, -0.2) is 0 Å². The lowest BCUT2D eigenvalue weighted by atomic mass is 9.89. The molecule has 3 heteroatoms. The van der Waals surface area contributed by atoms with E-state index < -0.39 is 0 Å². The highest BCUT2D eigenvalue weighted by atomic mass is 79.9. The first-order valence-electron chi connectivity index (χ1n) is 5.77. The Morgan fingerprint density at radius 1 is 1.38 bits per heavy atom. The molecule has 2 rings (SSSR count). The number of rotatable bonds is 3. The molecule has 1 aromatic rings. The summed E-state index contributed by atoms with van der Waals surface area (Å²) in [6, 6.07) is 9.09. The second kappa shape index (κ2) is 5.80. The zero-order valence-electron chi connectivity index (χ0n) is 9.58. The number of nitrogens with one attached hydrogen (secondary N) is 1. The number of hydrogen-bond acceptors (Lipinski definition) is 2. The molecule has 2 nitrogen and oxygen atoms in total. The summed E-state index contributed by atoms with van der Waals surface area (Å²) in [6.07, 6.45) is 2.40. The van der Waals surface area contributed by atoms with Crippen LogP contribution in [0.2, 0.25) is 0 Å². The van der Waals surface area contributed by atoms with E-state index in [1.54, 1.807) is 7.11 Å². The Hall–Kier alpha value is -0.380. The Morgan fingerprint density at radius 2 is 2.12 bits per heavy atom. The van der Waals surface area contributed by atoms with Crippen LogP contribution in [-0.2, 0) is 4.74 Å². The first-order valence-corrected chi connectivity index (χ1v) is 6.56. The van der Waals surface area contributed by atoms with Crippen molar-refractivity contribution < 1.29 is 4.74 Å². The summed E-state index contributed by atoms with van der Waals surface area (Å²) in [4.78, 5) is 0. The average molecular weight is 284 g/mol. The van der Waals surface area contributed by atoms with Crippen molar-refractivity contribution in [2.75, 3.05) is 20.3 Å². The largest absolute Gasteiger partial charge is 0.384 e. The number of ether oxygens (including phenoxy) is 1. The molecule has 0 aromatic heterocycles. The molecule has 1 fully saturated rings. The van der Waals surface area contributed by atoms with Crippen molar-refractivity contribution in [2.24, 2.45) is 5.92 Å². The van der Waals surface area contributed by atoms with Gasteiger partial charge in [0.15, 0.2) is 0 Å². The van der Waals surface area contributed by atoms with Crippen molar-refractivity contribution in [1.82, 2.24) is 5.32 Å². The van der Waals surface area contributed by atoms with Crippen molar-refractivity contribution in [2.45, 2.75) is 18.9 Å². The molecule has 1 saturated heterocycles. The monoisotopic (exact) mass is 283 g/mol. The van der Waals surface area contributed by atoms with E-state index in [0.717, 1.165) is 17.6 Å². The second-order valence-electron chi connectivity index (χ2n) is 4.40. The van der Waals surface area contributed by atoms with Gasteiger partial charge >= 0.3 is 0 Å². The molecule has 88 valence electrons. The average Bonchev–Trinajstić information content (AvgIpc) is 2.31. The normalized spacial score (nSPS) is 25.6. The molecule has 0 bridgehead atoms. The molecule has 1 aliphatic rings. The second-order valence-corrected chi connectivity index (χ2v) is 5.32. The number of methoxy groups -OCH3 is 1. The summed E-state index contributed by atoms with van der Waals surface area (Å²) in [6.45, 7) is 1.98. The summed E-state index contributed by atoms with van der Waals surface area (Å²) in [5, 5.41) is 3.57. The zero-order valence-corrected chi connectivity index (χ0v) is 11.2. The van der Waals surface area contributed by atoms with Gasteiger partial charge in [-0.2, -0.15) is 0 Å². The van der Waals surface area contributed by atoms with Crippen LogP contribution in [0, 0.1) is 5.92 Å². The van der Waals surface area contributed by atoms with E-state index in [1.165, 1.54) is 18.4 Å². The van der Waals surface area contributed by atoms with Crippen LogP contribution in [0.4, 0.5) is 0 Å². The fraction of sp³-hybridized carbons (Fsp3) is 0.538. The van der Waals surface area contributed by atoms with E-state index >= 15 is 0 Å². The highest BCUT2D eigenvalue weighted by molar-refractivity contribution is 9.10. The van der Waals surface area contributed by atoms with Crippen LogP contribution in [0.3, 0.4) is 0 Å². The number of hydrogen-bond donors (Lipinski definition) is 1. The summed E-state index contributed by atoms with van der Waals surface area (Å²) >= 11 is 3.47. The molecular weight excluding hydrogens is 266 g/mol. The lowest BCUT2D eigenvalue weighted by Crippen LogP contribution is -2.33. The van der Waals surface area contributed by atoms with Gasteiger partial charge in [-0.15, -0.1) is 0 Å². The molecule has 0 spiro atoms. The predicted molar refractivity (Wildman–Crippen MR) is 69.5 cm³/mol. The predicted octanol–water partition coefficient (Wildman–Crippen LogP) is 3.14. The SMILES string of the molecule is COCC1CCNC(c2ccc(Br)cc2)C1. The Balaban J connectivity index is 2.01. The van der Waals surface area contributed by atoms with Crippen LogP contribution in [0.5, 0.6) is 0 Å². The van der Waals surface area contributed by atoms with Crippen LogP contribution < -0.4 is 5.32 Å². The molecule has 0 radical (unpaired) electrons. The zero-order chi connectivity index (χ0) is 11.4. The fourth-order valence-corrected chi connectivity index (χ4v) is 2.60. The number of piperidine rings is 1. The maximum Gasteiger partial charge on any atom is 0.0491 e. The molecule has 1 heterocycles. The van der Waals surface area contributed by atoms with E-state index in [2.05, 4.69) is 45.5 Å². The Kier molecular flexibility index (Phi) is 4.38. The maximum atomic E-state index is 5.25. The van der Waals surface area contributed by atoms with Crippen molar-refractivity contribution in [3.8, 4) is 0 Å². The van der Waals surface area contributed by atoms with Gasteiger partial charge in [-0.05, 0) is 43.0 Å². The van der Waals surface area contributed by atoms with Gasteiger partial charge in [0.05, 0.1) is 0 Å². The molecule has 16 heavy (non-hydrogen) atoms. The summed E-state index contributed by atoms with van der Waals surface area (Å²) in [5.41, 5.74) is 1.38. The summed E-state index contributed by atoms with van der Waals surface area (Å²) in [7, 11) is 1.79. The van der Waals surface area contributed by atoms with E-state index in [-0.39, 0.29) is 0 Å². The van der Waals surface area contributed by atoms with Crippen LogP contribution in [-0.4, -0.2) is 20.3 Å². The van der Waals surface area contributed by atoms with Crippen LogP contribution in [0.25, 0.3) is 0 Å². The van der Waals surface area contributed by atoms with Gasteiger partial charge < -0.3 is 10.1 Å². The highest BCUT2D eigenvalue weighted by Crippen LogP contribution is 2.28. The molecule has 0 amide bonds. The van der Waals surface area contributed by atoms with E-state index in [0.29, 0.717) is 12.0 Å². The molecule has 1 N–H and O–H groups in total.